The van der Waals surface area contributed by atoms with Gasteiger partial charge in [0.25, 0.3) is 0 Å². The molecule has 0 bridgehead atoms. The zero-order valence-corrected chi connectivity index (χ0v) is 28.4. The molecule has 12 nitrogen and oxygen atoms in total. The first-order chi connectivity index (χ1) is 24.6. The number of phenols is 1. The average molecular weight is 712 g/mol. The number of carboxylic acids is 1. The van der Waals surface area contributed by atoms with Crippen LogP contribution in [-0.4, -0.2) is 56.2 Å². The zero-order valence-electron chi connectivity index (χ0n) is 27.5. The number of amides is 2. The van der Waals surface area contributed by atoms with Crippen LogP contribution >= 0.6 is 7.37 Å². The SMILES string of the molecule is O=C(N[C@@H](Cc1ccccc1)P(=O)(O)C[C@@H](Cc1cc(-c2ccccc2)no1)C(=O)N[C@@H](Cc1ccc(O)cc1)C(=O)O)OCc1ccccc1. The molecule has 0 radical (unpaired) electrons. The van der Waals surface area contributed by atoms with Gasteiger partial charge in [0.2, 0.25) is 13.3 Å². The van der Waals surface area contributed by atoms with Crippen LogP contribution < -0.4 is 10.6 Å². The van der Waals surface area contributed by atoms with Crippen LogP contribution in [0.2, 0.25) is 0 Å². The molecule has 2 amide bonds. The highest BCUT2D eigenvalue weighted by molar-refractivity contribution is 7.58. The van der Waals surface area contributed by atoms with E-state index in [4.69, 9.17) is 9.26 Å². The minimum atomic E-state index is -4.47. The quantitative estimate of drug-likeness (QED) is 0.0785. The maximum Gasteiger partial charge on any atom is 0.408 e. The van der Waals surface area contributed by atoms with Crippen LogP contribution in [0.3, 0.4) is 0 Å². The number of hydrogen-bond donors (Lipinski definition) is 5. The van der Waals surface area contributed by atoms with Gasteiger partial charge in [0.15, 0.2) is 0 Å². The van der Waals surface area contributed by atoms with E-state index in [0.29, 0.717) is 16.8 Å². The number of ether oxygens (including phenoxy) is 1. The minimum Gasteiger partial charge on any atom is -0.508 e. The Balaban J connectivity index is 1.40. The van der Waals surface area contributed by atoms with Gasteiger partial charge in [-0.25, -0.2) is 9.59 Å². The van der Waals surface area contributed by atoms with Gasteiger partial charge in [0.05, 0.1) is 5.92 Å². The van der Waals surface area contributed by atoms with E-state index in [0.717, 1.165) is 11.1 Å². The van der Waals surface area contributed by atoms with E-state index >= 15 is 0 Å². The molecular weight excluding hydrogens is 673 g/mol. The van der Waals surface area contributed by atoms with Crippen molar-refractivity contribution < 1.29 is 43.3 Å². The molecule has 51 heavy (non-hydrogen) atoms. The topological polar surface area (TPSA) is 188 Å². The molecule has 0 spiro atoms. The molecule has 4 atom stereocenters. The fourth-order valence-corrected chi connectivity index (χ4v) is 7.45. The number of nitrogens with zero attached hydrogens (tertiary/aromatic N) is 1. The summed E-state index contributed by atoms with van der Waals surface area (Å²) >= 11 is 0. The largest absolute Gasteiger partial charge is 0.508 e. The van der Waals surface area contributed by atoms with E-state index in [2.05, 4.69) is 15.8 Å². The lowest BCUT2D eigenvalue weighted by Gasteiger charge is -2.27. The fourth-order valence-electron chi connectivity index (χ4n) is 5.47. The van der Waals surface area contributed by atoms with Crippen LogP contribution in [0.15, 0.2) is 126 Å². The Hall–Kier alpha value is -5.71. The summed E-state index contributed by atoms with van der Waals surface area (Å²) in [6, 6.07) is 33.0. The Morgan fingerprint density at radius 1 is 0.765 bits per heavy atom. The second kappa shape index (κ2) is 17.3. The van der Waals surface area contributed by atoms with Crippen LogP contribution in [-0.2, 0) is 44.8 Å². The summed E-state index contributed by atoms with van der Waals surface area (Å²) in [5.74, 6) is -4.54. The smallest absolute Gasteiger partial charge is 0.408 e. The third kappa shape index (κ3) is 10.9. The number of alkyl carbamates (subject to hydrolysis) is 1. The van der Waals surface area contributed by atoms with Crippen molar-refractivity contribution in [3.8, 4) is 17.0 Å². The molecule has 0 saturated carbocycles. The minimum absolute atomic E-state index is 0.00188. The second-order valence-corrected chi connectivity index (χ2v) is 14.6. The van der Waals surface area contributed by atoms with Gasteiger partial charge in [-0.2, -0.15) is 0 Å². The maximum absolute atomic E-state index is 14.3. The number of carbonyl (C=O) groups is 3. The van der Waals surface area contributed by atoms with Crippen LogP contribution in [0.1, 0.15) is 22.5 Å². The summed E-state index contributed by atoms with van der Waals surface area (Å²) in [4.78, 5) is 50.8. The third-order valence-corrected chi connectivity index (χ3v) is 10.4. The van der Waals surface area contributed by atoms with Crippen LogP contribution in [0.5, 0.6) is 5.75 Å². The molecule has 0 saturated heterocycles. The van der Waals surface area contributed by atoms with Gasteiger partial charge >= 0.3 is 12.1 Å². The van der Waals surface area contributed by atoms with Gasteiger partial charge < -0.3 is 35.0 Å². The molecule has 0 aliphatic rings. The molecule has 5 aromatic rings. The normalized spacial score (nSPS) is 14.0. The van der Waals surface area contributed by atoms with Gasteiger partial charge in [-0.1, -0.05) is 108 Å². The van der Waals surface area contributed by atoms with Crippen LogP contribution in [0, 0.1) is 5.92 Å². The van der Waals surface area contributed by atoms with Crippen molar-refractivity contribution in [2.45, 2.75) is 37.7 Å². The lowest BCUT2D eigenvalue weighted by molar-refractivity contribution is -0.142. The average Bonchev–Trinajstić information content (AvgIpc) is 3.60. The van der Waals surface area contributed by atoms with Crippen LogP contribution in [0.4, 0.5) is 4.79 Å². The first kappa shape index (κ1) is 36.6. The number of aromatic hydroxyl groups is 1. The first-order valence-electron chi connectivity index (χ1n) is 16.2. The maximum atomic E-state index is 14.3. The van der Waals surface area contributed by atoms with Crippen molar-refractivity contribution in [2.24, 2.45) is 5.92 Å². The number of rotatable bonds is 16. The number of carboxylic acid groups (broad SMARTS) is 1. The van der Waals surface area contributed by atoms with Crippen molar-refractivity contribution in [1.29, 1.82) is 0 Å². The lowest BCUT2D eigenvalue weighted by Crippen LogP contribution is -2.46. The molecule has 264 valence electrons. The standard InChI is InChI=1S/C38H38N3O9P/c42-31-18-16-27(17-19-31)20-34(37(44)45)39-36(43)30(22-32-23-33(41-50-32)29-14-8-3-9-15-29)25-51(47,48)35(21-26-10-4-1-5-11-26)40-38(46)49-24-28-12-6-2-7-13-28/h1-19,23,30,34-35,42H,20-22,24-25H2,(H,39,43)(H,40,46)(H,44,45)(H,47,48)/t30-,34+,35-/m1/s1. The van der Waals surface area contributed by atoms with Crippen molar-refractivity contribution in [1.82, 2.24) is 15.8 Å². The molecule has 0 aliphatic heterocycles. The molecule has 1 heterocycles. The highest BCUT2D eigenvalue weighted by Gasteiger charge is 2.39. The highest BCUT2D eigenvalue weighted by Crippen LogP contribution is 2.48. The second-order valence-electron chi connectivity index (χ2n) is 12.1. The van der Waals surface area contributed by atoms with E-state index in [1.54, 1.807) is 60.7 Å². The Labute approximate surface area is 294 Å². The number of nitrogens with one attached hydrogen (secondary N) is 2. The molecule has 5 rings (SSSR count). The highest BCUT2D eigenvalue weighted by atomic mass is 31.2. The monoisotopic (exact) mass is 711 g/mol. The summed E-state index contributed by atoms with van der Waals surface area (Å²) in [5, 5.41) is 28.8. The summed E-state index contributed by atoms with van der Waals surface area (Å²) in [6.45, 7) is -0.0711. The van der Waals surface area contributed by atoms with Gasteiger partial charge in [0, 0.05) is 37.1 Å². The predicted molar refractivity (Wildman–Crippen MR) is 189 cm³/mol. The van der Waals surface area contributed by atoms with Crippen molar-refractivity contribution >= 4 is 25.3 Å². The van der Waals surface area contributed by atoms with E-state index in [-0.39, 0.29) is 37.4 Å². The number of aliphatic carboxylic acids is 1. The van der Waals surface area contributed by atoms with Gasteiger partial charge in [-0.05, 0) is 28.8 Å². The molecule has 0 aliphatic carbocycles. The van der Waals surface area contributed by atoms with Crippen molar-refractivity contribution in [2.75, 3.05) is 6.16 Å². The number of hydrogen-bond acceptors (Lipinski definition) is 8. The van der Waals surface area contributed by atoms with Gasteiger partial charge in [-0.3, -0.25) is 9.36 Å². The third-order valence-electron chi connectivity index (χ3n) is 8.18. The summed E-state index contributed by atoms with van der Waals surface area (Å²) < 4.78 is 25.2. The van der Waals surface area contributed by atoms with Gasteiger partial charge in [-0.15, -0.1) is 0 Å². The number of aromatic nitrogens is 1. The molecule has 0 fully saturated rings. The Bertz CT molecular complexity index is 1940. The predicted octanol–water partition coefficient (Wildman–Crippen LogP) is 5.78. The Morgan fingerprint density at radius 2 is 1.35 bits per heavy atom. The first-order valence-corrected chi connectivity index (χ1v) is 18.1. The number of phenolic OH excluding ortho intramolecular Hbond substituents is 1. The molecule has 5 N–H and O–H groups in total. The summed E-state index contributed by atoms with van der Waals surface area (Å²) in [5.41, 5.74) is 3.15. The summed E-state index contributed by atoms with van der Waals surface area (Å²) in [7, 11) is -4.47. The van der Waals surface area contributed by atoms with Crippen molar-refractivity contribution in [3.05, 3.63) is 144 Å². The fraction of sp³-hybridized carbons (Fsp3) is 0.211. The van der Waals surface area contributed by atoms with Gasteiger partial charge in [0.1, 0.15) is 35.6 Å². The Morgan fingerprint density at radius 3 is 1.98 bits per heavy atom. The van der Waals surface area contributed by atoms with Crippen LogP contribution in [0.25, 0.3) is 11.3 Å². The van der Waals surface area contributed by atoms with E-state index in [9.17, 15) is 34.1 Å². The number of carbonyl (C=O) groups excluding carboxylic acids is 2. The number of benzene rings is 4. The molecule has 1 aromatic heterocycles. The van der Waals surface area contributed by atoms with E-state index < -0.39 is 49.2 Å². The molecular formula is C38H38N3O9P. The van der Waals surface area contributed by atoms with E-state index in [1.165, 1.54) is 24.3 Å². The Kier molecular flexibility index (Phi) is 12.4. The molecule has 1 unspecified atom stereocenters. The van der Waals surface area contributed by atoms with Crippen molar-refractivity contribution in [3.63, 3.8) is 0 Å². The molecule has 4 aromatic carbocycles. The zero-order chi connectivity index (χ0) is 36.2. The molecule has 13 heteroatoms. The lowest BCUT2D eigenvalue weighted by atomic mass is 10.0. The van der Waals surface area contributed by atoms with E-state index in [1.807, 2.05) is 36.4 Å². The summed E-state index contributed by atoms with van der Waals surface area (Å²) in [6.07, 6.45) is -1.92.